The Balaban J connectivity index is 0.00000288. The van der Waals surface area contributed by atoms with Gasteiger partial charge in [-0.25, -0.2) is 0 Å². The first-order valence-corrected chi connectivity index (χ1v) is 8.30. The minimum Gasteiger partial charge on any atom is -0.493 e. The molecule has 0 saturated heterocycles. The molecule has 1 aliphatic carbocycles. The van der Waals surface area contributed by atoms with Crippen molar-refractivity contribution in [2.45, 2.75) is 51.1 Å². The van der Waals surface area contributed by atoms with E-state index >= 15 is 0 Å². The van der Waals surface area contributed by atoms with E-state index in [9.17, 15) is 4.79 Å². The van der Waals surface area contributed by atoms with Crippen LogP contribution in [0.4, 0.5) is 0 Å². The minimum absolute atomic E-state index is 0. The van der Waals surface area contributed by atoms with Crippen LogP contribution in [-0.2, 0) is 11.2 Å². The Morgan fingerprint density at radius 1 is 1.29 bits per heavy atom. The Bertz CT molecular complexity index is 539. The van der Waals surface area contributed by atoms with Gasteiger partial charge in [-0.05, 0) is 50.3 Å². The standard InChI is InChI=1S/C18H28N2O3.ClH/c1-12(20-18(21)14-5-4-6-15(19)11-14)9-13-7-8-16(22-2)17(10-13)23-3;/h7-8,10,12,14-15H,4-6,9,11,19H2,1-3H3,(H,20,21);1H. The summed E-state index contributed by atoms with van der Waals surface area (Å²) in [6, 6.07) is 6.08. The molecular weight excluding hydrogens is 328 g/mol. The van der Waals surface area contributed by atoms with Gasteiger partial charge in [-0.1, -0.05) is 12.5 Å². The number of halogens is 1. The SMILES string of the molecule is COc1ccc(CC(C)NC(=O)C2CCCC(N)C2)cc1OC.Cl. The molecule has 3 atom stereocenters. The summed E-state index contributed by atoms with van der Waals surface area (Å²) in [6.45, 7) is 2.03. The molecule has 1 fully saturated rings. The lowest BCUT2D eigenvalue weighted by molar-refractivity contribution is -0.126. The van der Waals surface area contributed by atoms with Crippen LogP contribution in [0.2, 0.25) is 0 Å². The zero-order chi connectivity index (χ0) is 16.8. The third-order valence-corrected chi connectivity index (χ3v) is 4.46. The van der Waals surface area contributed by atoms with E-state index in [1.807, 2.05) is 25.1 Å². The molecule has 0 aromatic heterocycles. The highest BCUT2D eigenvalue weighted by molar-refractivity contribution is 5.85. The maximum Gasteiger partial charge on any atom is 0.223 e. The predicted octanol–water partition coefficient (Wildman–Crippen LogP) is 2.69. The highest BCUT2D eigenvalue weighted by Crippen LogP contribution is 2.28. The van der Waals surface area contributed by atoms with E-state index in [1.54, 1.807) is 14.2 Å². The summed E-state index contributed by atoms with van der Waals surface area (Å²) in [7, 11) is 3.24. The van der Waals surface area contributed by atoms with Gasteiger partial charge >= 0.3 is 0 Å². The molecule has 0 heterocycles. The average Bonchev–Trinajstić information content (AvgIpc) is 2.54. The molecule has 1 aliphatic rings. The highest BCUT2D eigenvalue weighted by Gasteiger charge is 2.26. The van der Waals surface area contributed by atoms with Crippen molar-refractivity contribution >= 4 is 18.3 Å². The lowest BCUT2D eigenvalue weighted by Crippen LogP contribution is -2.42. The van der Waals surface area contributed by atoms with Gasteiger partial charge in [0.15, 0.2) is 11.5 Å². The molecule has 3 unspecified atom stereocenters. The summed E-state index contributed by atoms with van der Waals surface area (Å²) in [4.78, 5) is 12.4. The molecule has 1 saturated carbocycles. The fourth-order valence-corrected chi connectivity index (χ4v) is 3.24. The van der Waals surface area contributed by atoms with Crippen LogP contribution in [0.3, 0.4) is 0 Å². The molecule has 6 heteroatoms. The quantitative estimate of drug-likeness (QED) is 0.821. The van der Waals surface area contributed by atoms with E-state index in [1.165, 1.54) is 0 Å². The Kier molecular flexibility index (Phi) is 8.36. The molecule has 1 amide bonds. The van der Waals surface area contributed by atoms with Crippen molar-refractivity contribution in [1.29, 1.82) is 0 Å². The third kappa shape index (κ3) is 5.56. The summed E-state index contributed by atoms with van der Waals surface area (Å²) in [5.41, 5.74) is 7.08. The first-order valence-electron chi connectivity index (χ1n) is 8.30. The average molecular weight is 357 g/mol. The van der Waals surface area contributed by atoms with Crippen LogP contribution in [0.25, 0.3) is 0 Å². The second kappa shape index (κ2) is 9.74. The number of carbonyl (C=O) groups is 1. The van der Waals surface area contributed by atoms with Crippen LogP contribution in [-0.4, -0.2) is 32.2 Å². The van der Waals surface area contributed by atoms with E-state index in [-0.39, 0.29) is 36.3 Å². The second-order valence-corrected chi connectivity index (χ2v) is 6.43. The monoisotopic (exact) mass is 356 g/mol. The van der Waals surface area contributed by atoms with Crippen molar-refractivity contribution in [1.82, 2.24) is 5.32 Å². The van der Waals surface area contributed by atoms with Crippen molar-refractivity contribution < 1.29 is 14.3 Å². The van der Waals surface area contributed by atoms with Gasteiger partial charge in [-0.2, -0.15) is 0 Å². The summed E-state index contributed by atoms with van der Waals surface area (Å²) in [5.74, 6) is 1.62. The van der Waals surface area contributed by atoms with Gasteiger partial charge in [0.1, 0.15) is 0 Å². The molecular formula is C18H29ClN2O3. The van der Waals surface area contributed by atoms with Crippen molar-refractivity contribution in [3.05, 3.63) is 23.8 Å². The number of nitrogens with two attached hydrogens (primary N) is 1. The van der Waals surface area contributed by atoms with E-state index in [4.69, 9.17) is 15.2 Å². The molecule has 3 N–H and O–H groups in total. The Morgan fingerprint density at radius 2 is 2.00 bits per heavy atom. The topological polar surface area (TPSA) is 73.6 Å². The lowest BCUT2D eigenvalue weighted by Gasteiger charge is -2.27. The van der Waals surface area contributed by atoms with Crippen molar-refractivity contribution in [3.63, 3.8) is 0 Å². The minimum atomic E-state index is 0. The van der Waals surface area contributed by atoms with Gasteiger partial charge in [0, 0.05) is 18.0 Å². The lowest BCUT2D eigenvalue weighted by atomic mass is 9.85. The number of hydrogen-bond donors (Lipinski definition) is 2. The number of ether oxygens (including phenoxy) is 2. The van der Waals surface area contributed by atoms with Crippen LogP contribution in [0, 0.1) is 5.92 Å². The Morgan fingerprint density at radius 3 is 2.62 bits per heavy atom. The first-order chi connectivity index (χ1) is 11.0. The van der Waals surface area contributed by atoms with Crippen LogP contribution >= 0.6 is 12.4 Å². The molecule has 0 radical (unpaired) electrons. The predicted molar refractivity (Wildman–Crippen MR) is 98.0 cm³/mol. The first kappa shape index (κ1) is 20.6. The fourth-order valence-electron chi connectivity index (χ4n) is 3.24. The molecule has 1 aromatic carbocycles. The molecule has 0 bridgehead atoms. The number of rotatable bonds is 6. The molecule has 0 aliphatic heterocycles. The number of methoxy groups -OCH3 is 2. The third-order valence-electron chi connectivity index (χ3n) is 4.46. The zero-order valence-corrected chi connectivity index (χ0v) is 15.5. The number of nitrogens with one attached hydrogen (secondary N) is 1. The van der Waals surface area contributed by atoms with Gasteiger partial charge in [0.25, 0.3) is 0 Å². The molecule has 0 spiro atoms. The van der Waals surface area contributed by atoms with E-state index in [2.05, 4.69) is 5.32 Å². The highest BCUT2D eigenvalue weighted by atomic mass is 35.5. The van der Waals surface area contributed by atoms with Crippen LogP contribution in [0.1, 0.15) is 38.2 Å². The van der Waals surface area contributed by atoms with Crippen LogP contribution in [0.15, 0.2) is 18.2 Å². The fraction of sp³-hybridized carbons (Fsp3) is 0.611. The zero-order valence-electron chi connectivity index (χ0n) is 14.7. The molecule has 1 aromatic rings. The van der Waals surface area contributed by atoms with Gasteiger partial charge in [0.2, 0.25) is 5.91 Å². The number of hydrogen-bond acceptors (Lipinski definition) is 4. The normalized spacial score (nSPS) is 21.3. The Labute approximate surface area is 150 Å². The maximum atomic E-state index is 12.4. The van der Waals surface area contributed by atoms with Crippen molar-refractivity contribution in [2.24, 2.45) is 11.7 Å². The summed E-state index contributed by atoms with van der Waals surface area (Å²) in [6.07, 6.45) is 4.58. The summed E-state index contributed by atoms with van der Waals surface area (Å²) >= 11 is 0. The maximum absolute atomic E-state index is 12.4. The summed E-state index contributed by atoms with van der Waals surface area (Å²) in [5, 5.41) is 3.12. The smallest absolute Gasteiger partial charge is 0.223 e. The second-order valence-electron chi connectivity index (χ2n) is 6.43. The van der Waals surface area contributed by atoms with Gasteiger partial charge in [-0.3, -0.25) is 4.79 Å². The number of amides is 1. The Hall–Kier alpha value is -1.46. The van der Waals surface area contributed by atoms with E-state index in [0.29, 0.717) is 11.5 Å². The van der Waals surface area contributed by atoms with Crippen molar-refractivity contribution in [2.75, 3.05) is 14.2 Å². The van der Waals surface area contributed by atoms with Gasteiger partial charge in [0.05, 0.1) is 14.2 Å². The molecule has 2 rings (SSSR count). The van der Waals surface area contributed by atoms with E-state index < -0.39 is 0 Å². The number of carbonyl (C=O) groups excluding carboxylic acids is 1. The molecule has 136 valence electrons. The van der Waals surface area contributed by atoms with Gasteiger partial charge in [-0.15, -0.1) is 12.4 Å². The van der Waals surface area contributed by atoms with Crippen LogP contribution in [0.5, 0.6) is 11.5 Å². The van der Waals surface area contributed by atoms with Crippen molar-refractivity contribution in [3.8, 4) is 11.5 Å². The summed E-state index contributed by atoms with van der Waals surface area (Å²) < 4.78 is 10.6. The van der Waals surface area contributed by atoms with E-state index in [0.717, 1.165) is 37.7 Å². The molecule has 24 heavy (non-hydrogen) atoms. The number of benzene rings is 1. The largest absolute Gasteiger partial charge is 0.493 e. The van der Waals surface area contributed by atoms with Crippen LogP contribution < -0.4 is 20.5 Å². The van der Waals surface area contributed by atoms with Gasteiger partial charge < -0.3 is 20.5 Å². The molecule has 5 nitrogen and oxygen atoms in total.